The van der Waals surface area contributed by atoms with Crippen LogP contribution in [0.4, 0.5) is 0 Å². The summed E-state index contributed by atoms with van der Waals surface area (Å²) in [6.45, 7) is 0. The number of amides is 1. The molecule has 2 aliphatic heterocycles. The highest BCUT2D eigenvalue weighted by molar-refractivity contribution is 6.46. The zero-order chi connectivity index (χ0) is 25.0. The Morgan fingerprint density at radius 2 is 1.59 bits per heavy atom. The van der Waals surface area contributed by atoms with E-state index in [2.05, 4.69) is 0 Å². The standard InChI is InChI=1S/C23H25NO10/c1-30-15-7-11-6-14(20(28)33-4)24-19(27)18(26)23(21(29)34-5)17(32-3)8-12(25)10-22(23,24)13(11)9-16(15)31-2/h7,9,14,17H,6,8,10H2,1-5H3/t14-,17?,22+,23-/m0/s1. The second-order valence-electron chi connectivity index (χ2n) is 8.42. The number of nitrogens with zero attached hydrogens (tertiary/aromatic N) is 1. The minimum Gasteiger partial charge on any atom is -0.493 e. The molecule has 0 N–H and O–H groups in total. The third-order valence-corrected chi connectivity index (χ3v) is 7.23. The number of hydrogen-bond donors (Lipinski definition) is 0. The van der Waals surface area contributed by atoms with E-state index in [-0.39, 0.29) is 24.4 Å². The Balaban J connectivity index is 2.19. The molecular formula is C23H25NO10. The maximum atomic E-state index is 13.8. The van der Waals surface area contributed by atoms with Crippen molar-refractivity contribution in [1.82, 2.24) is 4.90 Å². The Hall–Kier alpha value is -3.47. The van der Waals surface area contributed by atoms with E-state index in [1.165, 1.54) is 27.4 Å². The van der Waals surface area contributed by atoms with E-state index in [0.717, 1.165) is 19.1 Å². The van der Waals surface area contributed by atoms with Gasteiger partial charge in [-0.25, -0.2) is 4.79 Å². The van der Waals surface area contributed by atoms with Crippen molar-refractivity contribution in [2.24, 2.45) is 5.41 Å². The molecule has 1 aliphatic carbocycles. The summed E-state index contributed by atoms with van der Waals surface area (Å²) in [5, 5.41) is 0. The van der Waals surface area contributed by atoms with Gasteiger partial charge in [-0.3, -0.25) is 19.2 Å². The number of ether oxygens (including phenoxy) is 5. The molecule has 182 valence electrons. The molecule has 2 fully saturated rings. The van der Waals surface area contributed by atoms with Gasteiger partial charge < -0.3 is 28.6 Å². The van der Waals surface area contributed by atoms with E-state index in [9.17, 15) is 24.0 Å². The lowest BCUT2D eigenvalue weighted by molar-refractivity contribution is -0.189. The number of methoxy groups -OCH3 is 5. The van der Waals surface area contributed by atoms with Crippen LogP contribution in [0.25, 0.3) is 0 Å². The van der Waals surface area contributed by atoms with Crippen molar-refractivity contribution in [3.63, 3.8) is 0 Å². The van der Waals surface area contributed by atoms with Crippen LogP contribution < -0.4 is 9.47 Å². The molecule has 1 unspecified atom stereocenters. The molecule has 4 rings (SSSR count). The first-order chi connectivity index (χ1) is 16.2. The molecule has 1 spiro atoms. The van der Waals surface area contributed by atoms with Crippen LogP contribution in [0.5, 0.6) is 11.5 Å². The van der Waals surface area contributed by atoms with Gasteiger partial charge in [0.2, 0.25) is 5.78 Å². The average Bonchev–Trinajstić information content (AvgIpc) is 3.05. The SMILES string of the molecule is COC(=O)[C@@H]1Cc2cc(OC)c(OC)cc2[C@]23CC(=O)CC(OC)[C@@]2(C(=O)OC)C(=O)C(=O)N13. The van der Waals surface area contributed by atoms with Gasteiger partial charge in [0.1, 0.15) is 17.4 Å². The molecule has 0 radical (unpaired) electrons. The number of fused-ring (bicyclic) bond motifs is 1. The van der Waals surface area contributed by atoms with Gasteiger partial charge in [-0.1, -0.05) is 0 Å². The van der Waals surface area contributed by atoms with E-state index in [4.69, 9.17) is 23.7 Å². The highest BCUT2D eigenvalue weighted by Gasteiger charge is 2.81. The molecular weight excluding hydrogens is 450 g/mol. The number of hydrogen-bond acceptors (Lipinski definition) is 10. The Morgan fingerprint density at radius 3 is 2.15 bits per heavy atom. The van der Waals surface area contributed by atoms with Crippen LogP contribution >= 0.6 is 0 Å². The van der Waals surface area contributed by atoms with Crippen LogP contribution in [0.2, 0.25) is 0 Å². The molecule has 11 heteroatoms. The highest BCUT2D eigenvalue weighted by atomic mass is 16.5. The summed E-state index contributed by atoms with van der Waals surface area (Å²) in [7, 11) is 6.33. The van der Waals surface area contributed by atoms with Gasteiger partial charge in [-0.2, -0.15) is 0 Å². The number of carbonyl (C=O) groups excluding carboxylic acids is 5. The molecule has 34 heavy (non-hydrogen) atoms. The smallest absolute Gasteiger partial charge is 0.328 e. The summed E-state index contributed by atoms with van der Waals surface area (Å²) in [4.78, 5) is 67.8. The first kappa shape index (κ1) is 23.7. The molecule has 1 amide bonds. The first-order valence-electron chi connectivity index (χ1n) is 10.5. The quantitative estimate of drug-likeness (QED) is 0.324. The van der Waals surface area contributed by atoms with Gasteiger partial charge in [0.15, 0.2) is 16.9 Å². The predicted octanol–water partition coefficient (Wildman–Crippen LogP) is -0.0546. The van der Waals surface area contributed by atoms with Crippen LogP contribution in [0.1, 0.15) is 24.0 Å². The normalized spacial score (nSPS) is 29.7. The fraction of sp³-hybridized carbons (Fsp3) is 0.522. The molecule has 2 heterocycles. The van der Waals surface area contributed by atoms with E-state index in [1.54, 1.807) is 6.07 Å². The number of rotatable bonds is 5. The lowest BCUT2D eigenvalue weighted by atomic mass is 9.54. The molecule has 1 saturated heterocycles. The monoisotopic (exact) mass is 475 g/mol. The Bertz CT molecular complexity index is 1110. The fourth-order valence-electron chi connectivity index (χ4n) is 5.94. The Labute approximate surface area is 195 Å². The summed E-state index contributed by atoms with van der Waals surface area (Å²) >= 11 is 0. The van der Waals surface area contributed by atoms with Crippen molar-refractivity contribution >= 4 is 29.4 Å². The van der Waals surface area contributed by atoms with E-state index in [0.29, 0.717) is 16.9 Å². The Morgan fingerprint density at radius 1 is 0.941 bits per heavy atom. The van der Waals surface area contributed by atoms with Crippen molar-refractivity contribution in [3.8, 4) is 11.5 Å². The lowest BCUT2D eigenvalue weighted by Crippen LogP contribution is -2.69. The van der Waals surface area contributed by atoms with E-state index in [1.807, 2.05) is 0 Å². The summed E-state index contributed by atoms with van der Waals surface area (Å²) in [5.74, 6) is -3.78. The topological polar surface area (TPSA) is 135 Å². The van der Waals surface area contributed by atoms with E-state index >= 15 is 0 Å². The molecule has 0 bridgehead atoms. The molecule has 3 aliphatic rings. The lowest BCUT2D eigenvalue weighted by Gasteiger charge is -2.55. The second kappa shape index (κ2) is 8.08. The van der Waals surface area contributed by atoms with Crippen molar-refractivity contribution in [3.05, 3.63) is 23.3 Å². The third kappa shape index (κ3) is 2.64. The van der Waals surface area contributed by atoms with Crippen molar-refractivity contribution in [1.29, 1.82) is 0 Å². The molecule has 11 nitrogen and oxygen atoms in total. The number of esters is 2. The van der Waals surface area contributed by atoms with Gasteiger partial charge in [0, 0.05) is 26.4 Å². The van der Waals surface area contributed by atoms with Gasteiger partial charge in [-0.05, 0) is 23.3 Å². The summed E-state index contributed by atoms with van der Waals surface area (Å²) in [6.07, 6.45) is -2.03. The van der Waals surface area contributed by atoms with E-state index < -0.39 is 53.1 Å². The second-order valence-corrected chi connectivity index (χ2v) is 8.42. The predicted molar refractivity (Wildman–Crippen MR) is 112 cm³/mol. The summed E-state index contributed by atoms with van der Waals surface area (Å²) in [5.41, 5.74) is -3.33. The Kier molecular flexibility index (Phi) is 5.63. The summed E-state index contributed by atoms with van der Waals surface area (Å²) in [6, 6.07) is 1.86. The highest BCUT2D eigenvalue weighted by Crippen LogP contribution is 2.63. The van der Waals surface area contributed by atoms with Gasteiger partial charge in [0.05, 0.1) is 34.5 Å². The zero-order valence-electron chi connectivity index (χ0n) is 19.5. The molecule has 4 atom stereocenters. The maximum Gasteiger partial charge on any atom is 0.328 e. The van der Waals surface area contributed by atoms with Gasteiger partial charge in [0.25, 0.3) is 5.91 Å². The molecule has 1 aromatic carbocycles. The van der Waals surface area contributed by atoms with Crippen molar-refractivity contribution in [2.75, 3.05) is 35.5 Å². The third-order valence-electron chi connectivity index (χ3n) is 7.23. The average molecular weight is 475 g/mol. The maximum absolute atomic E-state index is 13.8. The van der Waals surface area contributed by atoms with Gasteiger partial charge in [-0.15, -0.1) is 0 Å². The number of Topliss-reactive ketones (excluding diaryl/α,β-unsaturated/α-hetero) is 2. The number of carbonyl (C=O) groups is 5. The molecule has 1 aromatic rings. The minimum atomic E-state index is -2.23. The van der Waals surface area contributed by atoms with Crippen LogP contribution in [0.15, 0.2) is 12.1 Å². The van der Waals surface area contributed by atoms with Crippen LogP contribution in [-0.2, 0) is 50.1 Å². The van der Waals surface area contributed by atoms with Crippen LogP contribution in [-0.4, -0.2) is 82.0 Å². The number of ketones is 2. The van der Waals surface area contributed by atoms with Crippen molar-refractivity contribution < 1.29 is 47.7 Å². The minimum absolute atomic E-state index is 0.0355. The largest absolute Gasteiger partial charge is 0.493 e. The van der Waals surface area contributed by atoms with Crippen LogP contribution in [0, 0.1) is 5.41 Å². The van der Waals surface area contributed by atoms with Crippen molar-refractivity contribution in [2.45, 2.75) is 36.9 Å². The molecule has 1 saturated carbocycles. The summed E-state index contributed by atoms with van der Waals surface area (Å²) < 4.78 is 26.3. The zero-order valence-corrected chi connectivity index (χ0v) is 19.5. The number of benzene rings is 1. The first-order valence-corrected chi connectivity index (χ1v) is 10.5. The van der Waals surface area contributed by atoms with Gasteiger partial charge >= 0.3 is 11.9 Å². The van der Waals surface area contributed by atoms with Crippen LogP contribution in [0.3, 0.4) is 0 Å². The fourth-order valence-corrected chi connectivity index (χ4v) is 5.94. The molecule has 0 aromatic heterocycles.